The number of phenolic OH excluding ortho intramolecular Hbond substituents is 1. The number of aromatic hydroxyl groups is 1. The largest absolute Gasteiger partial charge is 0.507 e. The van der Waals surface area contributed by atoms with Crippen molar-refractivity contribution in [1.82, 2.24) is 0 Å². The van der Waals surface area contributed by atoms with Crippen molar-refractivity contribution in [2.24, 2.45) is 0 Å². The van der Waals surface area contributed by atoms with E-state index in [0.29, 0.717) is 12.0 Å². The monoisotopic (exact) mass is 226 g/mol. The fourth-order valence-electron chi connectivity index (χ4n) is 1.77. The third kappa shape index (κ3) is 2.36. The molecule has 0 unspecified atom stereocenters. The van der Waals surface area contributed by atoms with E-state index >= 15 is 0 Å². The Bertz CT molecular complexity index is 530. The van der Waals surface area contributed by atoms with Gasteiger partial charge in [-0.15, -0.1) is 0 Å². The van der Waals surface area contributed by atoms with E-state index in [2.05, 4.69) is 0 Å². The molecule has 17 heavy (non-hydrogen) atoms. The Morgan fingerprint density at radius 2 is 1.76 bits per heavy atom. The second kappa shape index (κ2) is 4.83. The standard InChI is InChI=1S/C15H14O2/c1-2-14(16)13-9-8-12(10-15(13)17)11-6-4-3-5-7-11/h3-10,17H,2H2,1H3. The van der Waals surface area contributed by atoms with Gasteiger partial charge in [-0.2, -0.15) is 0 Å². The van der Waals surface area contributed by atoms with Crippen LogP contribution in [0.3, 0.4) is 0 Å². The highest BCUT2D eigenvalue weighted by Crippen LogP contribution is 2.27. The van der Waals surface area contributed by atoms with E-state index in [1.54, 1.807) is 19.1 Å². The quantitative estimate of drug-likeness (QED) is 0.811. The Labute approximate surface area is 101 Å². The lowest BCUT2D eigenvalue weighted by atomic mass is 10.0. The molecule has 0 aliphatic rings. The Morgan fingerprint density at radius 1 is 1.06 bits per heavy atom. The zero-order valence-corrected chi connectivity index (χ0v) is 9.68. The van der Waals surface area contributed by atoms with Crippen LogP contribution in [0.5, 0.6) is 5.75 Å². The lowest BCUT2D eigenvalue weighted by Crippen LogP contribution is -1.96. The molecule has 0 atom stereocenters. The third-order valence-electron chi connectivity index (χ3n) is 2.73. The van der Waals surface area contributed by atoms with Crippen LogP contribution in [0.25, 0.3) is 11.1 Å². The zero-order chi connectivity index (χ0) is 12.3. The van der Waals surface area contributed by atoms with Crippen molar-refractivity contribution >= 4 is 5.78 Å². The first-order valence-corrected chi connectivity index (χ1v) is 5.64. The van der Waals surface area contributed by atoms with Crippen molar-refractivity contribution in [3.8, 4) is 16.9 Å². The molecule has 0 aromatic heterocycles. The van der Waals surface area contributed by atoms with Crippen molar-refractivity contribution in [3.63, 3.8) is 0 Å². The molecule has 0 aliphatic carbocycles. The van der Waals surface area contributed by atoms with Gasteiger partial charge in [0.05, 0.1) is 5.56 Å². The van der Waals surface area contributed by atoms with Gasteiger partial charge in [0.25, 0.3) is 0 Å². The highest BCUT2D eigenvalue weighted by Gasteiger charge is 2.09. The van der Waals surface area contributed by atoms with Gasteiger partial charge in [0.2, 0.25) is 0 Å². The number of hydrogen-bond acceptors (Lipinski definition) is 2. The van der Waals surface area contributed by atoms with E-state index in [1.165, 1.54) is 0 Å². The molecule has 0 heterocycles. The molecule has 0 aliphatic heterocycles. The zero-order valence-electron chi connectivity index (χ0n) is 9.68. The average Bonchev–Trinajstić information content (AvgIpc) is 2.39. The third-order valence-corrected chi connectivity index (χ3v) is 2.73. The Balaban J connectivity index is 2.41. The highest BCUT2D eigenvalue weighted by molar-refractivity contribution is 5.98. The molecule has 0 saturated heterocycles. The van der Waals surface area contributed by atoms with E-state index in [9.17, 15) is 9.90 Å². The van der Waals surface area contributed by atoms with Gasteiger partial charge >= 0.3 is 0 Å². The van der Waals surface area contributed by atoms with Crippen LogP contribution in [-0.2, 0) is 0 Å². The van der Waals surface area contributed by atoms with Crippen molar-refractivity contribution in [2.75, 3.05) is 0 Å². The molecule has 0 saturated carbocycles. The van der Waals surface area contributed by atoms with Gasteiger partial charge in [0.1, 0.15) is 5.75 Å². The number of phenols is 1. The molecule has 1 N–H and O–H groups in total. The van der Waals surface area contributed by atoms with E-state index in [4.69, 9.17) is 0 Å². The van der Waals surface area contributed by atoms with Gasteiger partial charge in [-0.05, 0) is 23.3 Å². The van der Waals surface area contributed by atoms with Gasteiger partial charge in [0, 0.05) is 6.42 Å². The maximum Gasteiger partial charge on any atom is 0.166 e. The fourth-order valence-corrected chi connectivity index (χ4v) is 1.77. The summed E-state index contributed by atoms with van der Waals surface area (Å²) in [4.78, 5) is 11.5. The summed E-state index contributed by atoms with van der Waals surface area (Å²) in [6, 6.07) is 14.9. The van der Waals surface area contributed by atoms with E-state index < -0.39 is 0 Å². The molecular formula is C15H14O2. The minimum absolute atomic E-state index is 0.0397. The molecule has 2 rings (SSSR count). The molecule has 0 fully saturated rings. The summed E-state index contributed by atoms with van der Waals surface area (Å²) in [5.41, 5.74) is 2.33. The number of rotatable bonds is 3. The van der Waals surface area contributed by atoms with Crippen LogP contribution in [0.15, 0.2) is 48.5 Å². The van der Waals surface area contributed by atoms with Crippen LogP contribution in [0, 0.1) is 0 Å². The molecule has 0 bridgehead atoms. The van der Waals surface area contributed by atoms with E-state index in [0.717, 1.165) is 11.1 Å². The first-order chi connectivity index (χ1) is 8.22. The van der Waals surface area contributed by atoms with Gasteiger partial charge < -0.3 is 5.11 Å². The van der Waals surface area contributed by atoms with Crippen molar-refractivity contribution in [2.45, 2.75) is 13.3 Å². The normalized spacial score (nSPS) is 10.2. The molecule has 0 spiro atoms. The number of benzene rings is 2. The average molecular weight is 226 g/mol. The molecular weight excluding hydrogens is 212 g/mol. The Morgan fingerprint density at radius 3 is 2.35 bits per heavy atom. The van der Waals surface area contributed by atoms with Crippen molar-refractivity contribution in [3.05, 3.63) is 54.1 Å². The summed E-state index contributed by atoms with van der Waals surface area (Å²) in [6.45, 7) is 1.78. The molecule has 0 amide bonds. The molecule has 86 valence electrons. The highest BCUT2D eigenvalue weighted by atomic mass is 16.3. The number of carbonyl (C=O) groups is 1. The predicted molar refractivity (Wildman–Crippen MR) is 68.2 cm³/mol. The van der Waals surface area contributed by atoms with Crippen LogP contribution in [0.1, 0.15) is 23.7 Å². The minimum Gasteiger partial charge on any atom is -0.507 e. The SMILES string of the molecule is CCC(=O)c1ccc(-c2ccccc2)cc1O. The molecule has 2 heteroatoms. The van der Waals surface area contributed by atoms with Crippen molar-refractivity contribution in [1.29, 1.82) is 0 Å². The maximum atomic E-state index is 11.5. The van der Waals surface area contributed by atoms with Gasteiger partial charge in [0.15, 0.2) is 5.78 Å². The van der Waals surface area contributed by atoms with Crippen LogP contribution in [0.4, 0.5) is 0 Å². The summed E-state index contributed by atoms with van der Waals surface area (Å²) >= 11 is 0. The summed E-state index contributed by atoms with van der Waals surface area (Å²) in [6.07, 6.45) is 0.401. The number of hydrogen-bond donors (Lipinski definition) is 1. The predicted octanol–water partition coefficient (Wildman–Crippen LogP) is 3.65. The van der Waals surface area contributed by atoms with Gasteiger partial charge in [-0.3, -0.25) is 4.79 Å². The number of Topliss-reactive ketones (excluding diaryl/α,β-unsaturated/α-hetero) is 1. The summed E-state index contributed by atoms with van der Waals surface area (Å²) in [5, 5.41) is 9.83. The van der Waals surface area contributed by atoms with Crippen LogP contribution in [-0.4, -0.2) is 10.9 Å². The lowest BCUT2D eigenvalue weighted by molar-refractivity contribution is 0.0985. The second-order valence-electron chi connectivity index (χ2n) is 3.87. The lowest BCUT2D eigenvalue weighted by Gasteiger charge is -2.06. The fraction of sp³-hybridized carbons (Fsp3) is 0.133. The van der Waals surface area contributed by atoms with Gasteiger partial charge in [-0.25, -0.2) is 0 Å². The Kier molecular flexibility index (Phi) is 3.24. The molecule has 0 radical (unpaired) electrons. The second-order valence-corrected chi connectivity index (χ2v) is 3.87. The summed E-state index contributed by atoms with van der Waals surface area (Å²) in [7, 11) is 0. The minimum atomic E-state index is -0.0397. The van der Waals surface area contributed by atoms with Crippen LogP contribution < -0.4 is 0 Å². The maximum absolute atomic E-state index is 11.5. The molecule has 2 nitrogen and oxygen atoms in total. The summed E-state index contributed by atoms with van der Waals surface area (Å²) < 4.78 is 0. The van der Waals surface area contributed by atoms with Crippen molar-refractivity contribution < 1.29 is 9.90 Å². The van der Waals surface area contributed by atoms with Crippen LogP contribution >= 0.6 is 0 Å². The van der Waals surface area contributed by atoms with Gasteiger partial charge in [-0.1, -0.05) is 43.3 Å². The first-order valence-electron chi connectivity index (χ1n) is 5.64. The Hall–Kier alpha value is -2.09. The van der Waals surface area contributed by atoms with E-state index in [-0.39, 0.29) is 11.5 Å². The van der Waals surface area contributed by atoms with Crippen LogP contribution in [0.2, 0.25) is 0 Å². The number of ketones is 1. The number of carbonyl (C=O) groups excluding carboxylic acids is 1. The van der Waals surface area contributed by atoms with E-state index in [1.807, 2.05) is 36.4 Å². The first kappa shape index (κ1) is 11.4. The molecule has 2 aromatic carbocycles. The smallest absolute Gasteiger partial charge is 0.166 e. The molecule has 2 aromatic rings. The summed E-state index contributed by atoms with van der Waals surface area (Å²) in [5.74, 6) is 0.0142. The topological polar surface area (TPSA) is 37.3 Å².